The first-order valence-electron chi connectivity index (χ1n) is 9.13. The minimum atomic E-state index is -6.02. The Balaban J connectivity index is 2.10. The van der Waals surface area contributed by atoms with E-state index in [0.717, 1.165) is 0 Å². The van der Waals surface area contributed by atoms with Gasteiger partial charge in [0.05, 0.1) is 7.11 Å². The molecular weight excluding hydrogens is 546 g/mol. The molecule has 33 heavy (non-hydrogen) atoms. The summed E-state index contributed by atoms with van der Waals surface area (Å²) in [5, 5.41) is -2.15. The highest BCUT2D eigenvalue weighted by molar-refractivity contribution is 8.41. The Hall–Kier alpha value is -0.880. The van der Waals surface area contributed by atoms with E-state index in [1.807, 2.05) is 0 Å². The molecule has 3 saturated heterocycles. The molecule has 2 atom stereocenters. The molecule has 2 bridgehead atoms. The molecule has 0 N–H and O–H groups in total. The first kappa shape index (κ1) is 26.7. The average Bonchev–Trinajstić information content (AvgIpc) is 2.67. The van der Waals surface area contributed by atoms with Crippen LogP contribution in [0.3, 0.4) is 0 Å². The van der Waals surface area contributed by atoms with E-state index in [2.05, 4.69) is 0 Å². The fourth-order valence-electron chi connectivity index (χ4n) is 3.96. The van der Waals surface area contributed by atoms with Crippen LogP contribution < -0.4 is 4.74 Å². The Kier molecular flexibility index (Phi) is 6.77. The van der Waals surface area contributed by atoms with Crippen molar-refractivity contribution in [1.29, 1.82) is 0 Å². The van der Waals surface area contributed by atoms with Gasteiger partial charge in [-0.2, -0.15) is 43.2 Å². The fraction of sp³-hybridized carbons (Fsp3) is 0.625. The van der Waals surface area contributed by atoms with Crippen LogP contribution in [0.1, 0.15) is 17.7 Å². The molecule has 17 heteroatoms. The number of alkyl halides is 6. The highest BCUT2D eigenvalue weighted by Crippen LogP contribution is 2.81. The third-order valence-electron chi connectivity index (χ3n) is 5.58. The minimum absolute atomic E-state index is 0.292. The van der Waals surface area contributed by atoms with Crippen molar-refractivity contribution in [3.8, 4) is 5.75 Å². The molecule has 0 spiro atoms. The van der Waals surface area contributed by atoms with Gasteiger partial charge >= 0.3 is 31.3 Å². The van der Waals surface area contributed by atoms with Crippen LogP contribution in [0.2, 0.25) is 0 Å². The number of hydrogen-bond acceptors (Lipinski definition) is 7. The van der Waals surface area contributed by atoms with Crippen LogP contribution in [0.5, 0.6) is 5.75 Å². The van der Waals surface area contributed by atoms with Gasteiger partial charge in [0.1, 0.15) is 5.75 Å². The summed E-state index contributed by atoms with van der Waals surface area (Å²) >= 11 is 0. The standard InChI is InChI=1S/C16H20F6O7S4/c1-11-14(12-3-5-13(27-2)6-4-12)31(29-33(25,26)16(20,21)22)9-7-30(11,8-10-31)28-32(23,24)15(17,18)19/h3-6,11,14H,7-10H2,1-2H3/t11-,14+/m0/s1. The van der Waals surface area contributed by atoms with Crippen LogP contribution in [-0.2, 0) is 27.5 Å². The molecular formula is C16H20F6O7S4. The second-order valence-electron chi connectivity index (χ2n) is 7.39. The molecule has 4 rings (SSSR count). The maximum atomic E-state index is 13.1. The summed E-state index contributed by atoms with van der Waals surface area (Å²) in [5.74, 6) is -1.01. The van der Waals surface area contributed by atoms with Crippen molar-refractivity contribution in [2.24, 2.45) is 0 Å². The van der Waals surface area contributed by atoms with Crippen molar-refractivity contribution < 1.29 is 55.2 Å². The number of halogens is 6. The van der Waals surface area contributed by atoms with Crippen LogP contribution in [0.25, 0.3) is 0 Å². The van der Waals surface area contributed by atoms with Gasteiger partial charge in [0.15, 0.2) is 0 Å². The summed E-state index contributed by atoms with van der Waals surface area (Å²) in [7, 11) is -16.7. The van der Waals surface area contributed by atoms with Crippen molar-refractivity contribution in [1.82, 2.24) is 0 Å². The number of ether oxygens (including phenoxy) is 1. The lowest BCUT2D eigenvalue weighted by atomic mass is 10.1. The zero-order valence-electron chi connectivity index (χ0n) is 17.1. The summed E-state index contributed by atoms with van der Waals surface area (Å²) in [5.41, 5.74) is -11.1. The number of fused-ring (bicyclic) bond motifs is 3. The first-order valence-corrected chi connectivity index (χ1v) is 15.9. The molecule has 3 heterocycles. The van der Waals surface area contributed by atoms with Gasteiger partial charge < -0.3 is 4.74 Å². The fourth-order valence-corrected chi connectivity index (χ4v) is 18.7. The first-order chi connectivity index (χ1) is 14.9. The highest BCUT2D eigenvalue weighted by atomic mass is 32.3. The zero-order valence-corrected chi connectivity index (χ0v) is 20.3. The zero-order chi connectivity index (χ0) is 25.1. The predicted molar refractivity (Wildman–Crippen MR) is 112 cm³/mol. The van der Waals surface area contributed by atoms with Gasteiger partial charge in [0, 0.05) is 33.5 Å². The summed E-state index contributed by atoms with van der Waals surface area (Å²) < 4.78 is 141. The van der Waals surface area contributed by atoms with Gasteiger partial charge in [-0.1, -0.05) is 19.1 Å². The van der Waals surface area contributed by atoms with Gasteiger partial charge in [0.2, 0.25) is 0 Å². The molecule has 0 aliphatic carbocycles. The van der Waals surface area contributed by atoms with Crippen LogP contribution in [0, 0.1) is 0 Å². The lowest BCUT2D eigenvalue weighted by molar-refractivity contribution is -0.0502. The largest absolute Gasteiger partial charge is 0.523 e. The Morgan fingerprint density at radius 3 is 1.58 bits per heavy atom. The van der Waals surface area contributed by atoms with Crippen molar-refractivity contribution >= 4 is 40.9 Å². The van der Waals surface area contributed by atoms with Gasteiger partial charge in [-0.25, -0.2) is 7.26 Å². The summed E-state index contributed by atoms with van der Waals surface area (Å²) in [6, 6.07) is 5.77. The maximum Gasteiger partial charge on any atom is 0.523 e. The molecule has 1 aromatic carbocycles. The van der Waals surface area contributed by atoms with Gasteiger partial charge in [-0.15, -0.1) is 20.6 Å². The Labute approximate surface area is 190 Å². The second-order valence-corrected chi connectivity index (χ2v) is 17.6. The van der Waals surface area contributed by atoms with Crippen molar-refractivity contribution in [3.63, 3.8) is 0 Å². The average molecular weight is 567 g/mol. The van der Waals surface area contributed by atoms with Crippen molar-refractivity contribution in [2.45, 2.75) is 28.4 Å². The number of hydrogen-bond donors (Lipinski definition) is 0. The van der Waals surface area contributed by atoms with E-state index < -0.39 is 62.4 Å². The molecule has 0 amide bonds. The summed E-state index contributed by atoms with van der Waals surface area (Å²) in [6.07, 6.45) is 0. The molecule has 0 saturated carbocycles. The van der Waals surface area contributed by atoms with Crippen molar-refractivity contribution in [3.05, 3.63) is 29.8 Å². The lowest BCUT2D eigenvalue weighted by Crippen LogP contribution is -2.50. The summed E-state index contributed by atoms with van der Waals surface area (Å²) in [6.45, 7) is 1.36. The second kappa shape index (κ2) is 8.36. The highest BCUT2D eigenvalue weighted by Gasteiger charge is 2.63. The Bertz CT molecular complexity index is 1090. The van der Waals surface area contributed by atoms with E-state index in [-0.39, 0.29) is 23.0 Å². The molecule has 3 aliphatic heterocycles. The molecule has 7 nitrogen and oxygen atoms in total. The molecule has 192 valence electrons. The van der Waals surface area contributed by atoms with Gasteiger partial charge in [0.25, 0.3) is 0 Å². The molecule has 3 aliphatic rings. The van der Waals surface area contributed by atoms with E-state index in [9.17, 15) is 43.2 Å². The number of rotatable bonds is 6. The normalized spacial score (nSPS) is 34.8. The van der Waals surface area contributed by atoms with Crippen LogP contribution in [0.4, 0.5) is 26.3 Å². The Morgan fingerprint density at radius 1 is 0.788 bits per heavy atom. The third-order valence-corrected chi connectivity index (χ3v) is 17.8. The smallest absolute Gasteiger partial charge is 0.497 e. The molecule has 3 fully saturated rings. The maximum absolute atomic E-state index is 13.1. The SMILES string of the molecule is COc1ccc([C@H]2[C@H](C)S3(OS(=O)(=O)C(F)(F)F)CCS2(OS(=O)(=O)C(F)(F)F)CC3)cc1. The number of benzene rings is 1. The van der Waals surface area contributed by atoms with E-state index in [1.165, 1.54) is 38.3 Å². The topological polar surface area (TPSA) is 96.0 Å². The molecule has 0 aromatic heterocycles. The molecule has 0 radical (unpaired) electrons. The predicted octanol–water partition coefficient (Wildman–Crippen LogP) is 4.32. The van der Waals surface area contributed by atoms with Crippen LogP contribution in [-0.4, -0.2) is 63.2 Å². The van der Waals surface area contributed by atoms with Crippen molar-refractivity contribution in [2.75, 3.05) is 30.1 Å². The molecule has 1 aromatic rings. The van der Waals surface area contributed by atoms with E-state index >= 15 is 0 Å². The third kappa shape index (κ3) is 4.68. The van der Waals surface area contributed by atoms with E-state index in [4.69, 9.17) is 12.0 Å². The van der Waals surface area contributed by atoms with E-state index in [1.54, 1.807) is 0 Å². The number of methoxy groups -OCH3 is 1. The quantitative estimate of drug-likeness (QED) is 0.374. The van der Waals surface area contributed by atoms with E-state index in [0.29, 0.717) is 11.3 Å². The van der Waals surface area contributed by atoms with Gasteiger partial charge in [-0.05, 0) is 17.7 Å². The van der Waals surface area contributed by atoms with Crippen LogP contribution >= 0.6 is 20.6 Å². The molecule has 0 unspecified atom stereocenters. The monoisotopic (exact) mass is 566 g/mol. The van der Waals surface area contributed by atoms with Crippen LogP contribution in [0.15, 0.2) is 24.3 Å². The Morgan fingerprint density at radius 2 is 1.18 bits per heavy atom. The minimum Gasteiger partial charge on any atom is -0.497 e. The van der Waals surface area contributed by atoms with Gasteiger partial charge in [-0.3, -0.25) is 0 Å². The lowest BCUT2D eigenvalue weighted by Gasteiger charge is -2.64. The summed E-state index contributed by atoms with van der Waals surface area (Å²) in [4.78, 5) is 0.